The van der Waals surface area contributed by atoms with Crippen LogP contribution in [0.5, 0.6) is 0 Å². The molecule has 2 N–H and O–H groups in total. The Labute approximate surface area is 56.0 Å². The molecule has 10 heavy (non-hydrogen) atoms. The number of aryl methyl sites for hydroxylation is 1. The van der Waals surface area contributed by atoms with Crippen molar-refractivity contribution in [2.45, 2.75) is 6.92 Å². The van der Waals surface area contributed by atoms with Gasteiger partial charge in [0, 0.05) is 6.07 Å². The first kappa shape index (κ1) is 6.60. The summed E-state index contributed by atoms with van der Waals surface area (Å²) in [6, 6.07) is 0.393. The fourth-order valence-corrected chi connectivity index (χ4v) is 0.636. The van der Waals surface area contributed by atoms with E-state index in [0.29, 0.717) is 5.69 Å². The van der Waals surface area contributed by atoms with Crippen molar-refractivity contribution < 1.29 is 9.32 Å². The van der Waals surface area contributed by atoms with Crippen LogP contribution in [0.25, 0.3) is 0 Å². The molecule has 0 aliphatic carbocycles. The van der Waals surface area contributed by atoms with Crippen molar-refractivity contribution in [3.63, 3.8) is 0 Å². The topological polar surface area (TPSA) is 78.2 Å². The first-order valence-electron chi connectivity index (χ1n) is 2.61. The van der Waals surface area contributed by atoms with Gasteiger partial charge in [0.2, 0.25) is 0 Å². The number of nitrogens with zero attached hydrogens (tertiary/aromatic N) is 1. The number of carbonyl (C=O) groups excluding carboxylic acids is 1. The third-order valence-electron chi connectivity index (χ3n) is 1.03. The van der Waals surface area contributed by atoms with Gasteiger partial charge in [-0.25, -0.2) is 9.59 Å². The molecule has 54 valence electrons. The third-order valence-corrected chi connectivity index (χ3v) is 1.03. The van der Waals surface area contributed by atoms with Crippen LogP contribution in [-0.4, -0.2) is 10.8 Å². The van der Waals surface area contributed by atoms with Crippen molar-refractivity contribution in [1.29, 1.82) is 0 Å². The van der Waals surface area contributed by atoms with Gasteiger partial charge in [0.1, 0.15) is 0 Å². The lowest BCUT2D eigenvalue weighted by molar-refractivity contribution is 0.214. The first-order chi connectivity index (χ1) is 4.61. The highest BCUT2D eigenvalue weighted by molar-refractivity contribution is 5.73. The largest absolute Gasteiger partial charge is 0.358 e. The van der Waals surface area contributed by atoms with E-state index < -0.39 is 11.7 Å². The van der Waals surface area contributed by atoms with E-state index in [4.69, 9.17) is 5.73 Å². The fourth-order valence-electron chi connectivity index (χ4n) is 0.636. The van der Waals surface area contributed by atoms with Crippen LogP contribution in [0.3, 0.4) is 0 Å². The summed E-state index contributed by atoms with van der Waals surface area (Å²) in [4.78, 5) is 20.8. The van der Waals surface area contributed by atoms with Gasteiger partial charge in [-0.2, -0.15) is 0 Å². The Morgan fingerprint density at radius 3 is 2.60 bits per heavy atom. The number of hydrogen-bond acceptors (Lipinski definition) is 3. The first-order valence-corrected chi connectivity index (χ1v) is 2.61. The summed E-state index contributed by atoms with van der Waals surface area (Å²) < 4.78 is 5.10. The Bertz CT molecular complexity index is 309. The molecule has 0 saturated heterocycles. The molecule has 0 spiro atoms. The molecule has 5 heteroatoms. The molecule has 0 unspecified atom stereocenters. The molecule has 0 bridgehead atoms. The van der Waals surface area contributed by atoms with Gasteiger partial charge in [0.15, 0.2) is 0 Å². The van der Waals surface area contributed by atoms with E-state index in [1.165, 1.54) is 6.07 Å². The number of rotatable bonds is 0. The van der Waals surface area contributed by atoms with E-state index >= 15 is 0 Å². The van der Waals surface area contributed by atoms with Gasteiger partial charge in [-0.05, 0) is 6.92 Å². The van der Waals surface area contributed by atoms with Crippen LogP contribution in [0.1, 0.15) is 5.69 Å². The number of aromatic nitrogens is 1. The Balaban J connectivity index is 3.28. The van der Waals surface area contributed by atoms with E-state index in [0.717, 1.165) is 4.74 Å². The van der Waals surface area contributed by atoms with Crippen LogP contribution < -0.4 is 11.4 Å². The Hall–Kier alpha value is -1.52. The predicted octanol–water partition coefficient (Wildman–Crippen LogP) is -0.323. The maximum Gasteiger partial charge on any atom is 0.358 e. The molecule has 1 aromatic rings. The quantitative estimate of drug-likeness (QED) is 0.539. The monoisotopic (exact) mass is 142 g/mol. The van der Waals surface area contributed by atoms with E-state index in [9.17, 15) is 9.59 Å². The van der Waals surface area contributed by atoms with Crippen molar-refractivity contribution in [1.82, 2.24) is 4.74 Å². The molecule has 0 aliphatic heterocycles. The van der Waals surface area contributed by atoms with E-state index in [1.807, 2.05) is 0 Å². The Morgan fingerprint density at radius 2 is 2.40 bits per heavy atom. The van der Waals surface area contributed by atoms with Crippen molar-refractivity contribution in [3.8, 4) is 0 Å². The molecule has 0 atom stereocenters. The summed E-state index contributed by atoms with van der Waals surface area (Å²) in [6.45, 7) is 1.55. The minimum atomic E-state index is -0.792. The Kier molecular flexibility index (Phi) is 1.33. The molecule has 1 rings (SSSR count). The van der Waals surface area contributed by atoms with E-state index in [1.54, 1.807) is 6.92 Å². The van der Waals surface area contributed by atoms with E-state index in [2.05, 4.69) is 4.52 Å². The van der Waals surface area contributed by atoms with Crippen LogP contribution in [0, 0.1) is 6.92 Å². The molecule has 5 nitrogen and oxygen atoms in total. The maximum atomic E-state index is 10.4. The average molecular weight is 142 g/mol. The maximum absolute atomic E-state index is 10.4. The highest BCUT2D eigenvalue weighted by atomic mass is 16.5. The zero-order valence-electron chi connectivity index (χ0n) is 5.33. The number of amides is 1. The second-order valence-corrected chi connectivity index (χ2v) is 1.83. The molecule has 1 heterocycles. The van der Waals surface area contributed by atoms with Gasteiger partial charge in [0.25, 0.3) is 0 Å². The summed E-state index contributed by atoms with van der Waals surface area (Å²) >= 11 is 0. The number of hydrogen-bond donors (Lipinski definition) is 1. The summed E-state index contributed by atoms with van der Waals surface area (Å²) in [6.07, 6.45) is 0. The van der Waals surface area contributed by atoms with Crippen LogP contribution in [0.2, 0.25) is 0 Å². The molecule has 0 radical (unpaired) electrons. The zero-order valence-corrected chi connectivity index (χ0v) is 5.33. The highest BCUT2D eigenvalue weighted by Gasteiger charge is 2.05. The van der Waals surface area contributed by atoms with Crippen molar-refractivity contribution >= 4 is 6.03 Å². The highest BCUT2D eigenvalue weighted by Crippen LogP contribution is 1.91. The lowest BCUT2D eigenvalue weighted by Crippen LogP contribution is -2.19. The van der Waals surface area contributed by atoms with Crippen LogP contribution >= 0.6 is 0 Å². The third kappa shape index (κ3) is 0.928. The lowest BCUT2D eigenvalue weighted by Gasteiger charge is -1.92. The van der Waals surface area contributed by atoms with Gasteiger partial charge >= 0.3 is 11.7 Å². The minimum absolute atomic E-state index is 0.400. The summed E-state index contributed by atoms with van der Waals surface area (Å²) in [5.74, 6) is 0. The summed E-state index contributed by atoms with van der Waals surface area (Å²) in [7, 11) is 0. The molecular formula is C5H6N2O3. The second-order valence-electron chi connectivity index (χ2n) is 1.83. The number of primary amides is 1. The normalized spacial score (nSPS) is 9.70. The predicted molar refractivity (Wildman–Crippen MR) is 32.7 cm³/mol. The van der Waals surface area contributed by atoms with Crippen molar-refractivity contribution in [2.75, 3.05) is 0 Å². The van der Waals surface area contributed by atoms with Gasteiger partial charge in [0.05, 0.1) is 5.69 Å². The van der Waals surface area contributed by atoms with E-state index in [-0.39, 0.29) is 0 Å². The SMILES string of the molecule is Cc1cc(=O)on1C(N)=O. The summed E-state index contributed by atoms with van der Waals surface area (Å²) in [5.41, 5.74) is 4.65. The molecule has 1 aromatic heterocycles. The van der Waals surface area contributed by atoms with Crippen molar-refractivity contribution in [3.05, 3.63) is 22.2 Å². The lowest BCUT2D eigenvalue weighted by atomic mass is 10.5. The van der Waals surface area contributed by atoms with Gasteiger partial charge in [-0.15, -0.1) is 4.74 Å². The smallest absolute Gasteiger partial charge is 0.349 e. The summed E-state index contributed by atoms with van der Waals surface area (Å²) in [5, 5.41) is 0. The molecule has 0 aromatic carbocycles. The molecule has 0 aliphatic rings. The molecular weight excluding hydrogens is 136 g/mol. The molecule has 0 fully saturated rings. The van der Waals surface area contributed by atoms with Crippen LogP contribution in [0.15, 0.2) is 15.4 Å². The van der Waals surface area contributed by atoms with Gasteiger partial charge in [-0.3, -0.25) is 0 Å². The van der Waals surface area contributed by atoms with Crippen LogP contribution in [-0.2, 0) is 0 Å². The standard InChI is InChI=1S/C5H6N2O3/c1-3-2-4(8)10-7(3)5(6)9/h2H,1H3,(H2,6,9). The molecule has 0 saturated carbocycles. The zero-order chi connectivity index (χ0) is 7.72. The number of nitrogens with two attached hydrogens (primary N) is 1. The fraction of sp³-hybridized carbons (Fsp3) is 0.200. The van der Waals surface area contributed by atoms with Gasteiger partial charge < -0.3 is 10.3 Å². The van der Waals surface area contributed by atoms with Crippen LogP contribution in [0.4, 0.5) is 4.79 Å². The minimum Gasteiger partial charge on any atom is -0.349 e. The number of carbonyl (C=O) groups is 1. The average Bonchev–Trinajstić information content (AvgIpc) is 2.10. The molecule has 1 amide bonds. The Morgan fingerprint density at radius 1 is 1.80 bits per heavy atom. The van der Waals surface area contributed by atoms with Crippen molar-refractivity contribution in [2.24, 2.45) is 5.73 Å². The van der Waals surface area contributed by atoms with Gasteiger partial charge in [-0.1, -0.05) is 0 Å². The second kappa shape index (κ2) is 2.02.